The molecule has 0 aromatic carbocycles. The van der Waals surface area contributed by atoms with E-state index in [4.69, 9.17) is 35.1 Å². The molecule has 0 unspecified atom stereocenters. The van der Waals surface area contributed by atoms with Crippen molar-refractivity contribution in [2.45, 2.75) is 162 Å². The number of ketones is 1. The van der Waals surface area contributed by atoms with Gasteiger partial charge in [-0.2, -0.15) is 0 Å². The van der Waals surface area contributed by atoms with Crippen molar-refractivity contribution in [3.05, 3.63) is 0 Å². The van der Waals surface area contributed by atoms with Gasteiger partial charge < -0.3 is 30.6 Å². The van der Waals surface area contributed by atoms with Crippen molar-refractivity contribution in [2.24, 2.45) is 0 Å². The summed E-state index contributed by atoms with van der Waals surface area (Å²) in [7, 11) is -19.9. The molecule has 4 atom stereocenters. The molecule has 0 aliphatic rings. The lowest BCUT2D eigenvalue weighted by atomic mass is 10.0. The first-order valence-electron chi connectivity index (χ1n) is 16.4. The van der Waals surface area contributed by atoms with Gasteiger partial charge in [0.15, 0.2) is 64.0 Å². The van der Waals surface area contributed by atoms with Gasteiger partial charge in [0.1, 0.15) is 18.3 Å². The standard InChI is InChI=1S/C28H71O10PSi7/c1-40(2,3)32-22-24(29)26(34-42(7,8)9)28(36-44(13,14)15)27(35-43(10,11)12)25(33-41(4,5)6)23-31-39(30,37-45(16,17)18)38-46(19,20)21/h25-28H,22-23H2,1-21H3/t25-,26-,27-,28+/m1/s1. The molecule has 0 amide bonds. The van der Waals surface area contributed by atoms with Gasteiger partial charge >= 0.3 is 7.82 Å². The third kappa shape index (κ3) is 23.5. The highest BCUT2D eigenvalue weighted by molar-refractivity contribution is 7.52. The van der Waals surface area contributed by atoms with Gasteiger partial charge in [0, 0.05) is 0 Å². The SMILES string of the molecule is C[Si](C)(C)OCC(=O)[C@@H](O[Si](C)(C)C)[C@H](O[Si](C)(C)C)[C@H](O[Si](C)(C)C)[C@@H](COP(=O)(O[Si](C)(C)C)O[Si](C)(C)C)O[Si](C)(C)C. The van der Waals surface area contributed by atoms with Crippen molar-refractivity contribution in [2.75, 3.05) is 13.2 Å². The van der Waals surface area contributed by atoms with E-state index < -0.39 is 90.5 Å². The predicted molar refractivity (Wildman–Crippen MR) is 210 cm³/mol. The summed E-state index contributed by atoms with van der Waals surface area (Å²) in [5.74, 6) is -0.181. The Labute approximate surface area is 290 Å². The molecule has 0 aromatic rings. The third-order valence-electron chi connectivity index (χ3n) is 5.09. The summed E-state index contributed by atoms with van der Waals surface area (Å²) in [5.41, 5.74) is 0. The largest absolute Gasteiger partial charge is 0.455 e. The Morgan fingerprint density at radius 3 is 1.20 bits per heavy atom. The van der Waals surface area contributed by atoms with E-state index in [9.17, 15) is 9.36 Å². The van der Waals surface area contributed by atoms with Crippen LogP contribution in [0, 0.1) is 0 Å². The molecule has 0 fully saturated rings. The van der Waals surface area contributed by atoms with Crippen LogP contribution in [0.5, 0.6) is 0 Å². The van der Waals surface area contributed by atoms with Gasteiger partial charge in [-0.15, -0.1) is 0 Å². The fourth-order valence-corrected chi connectivity index (χ4v) is 15.6. The molecule has 18 heteroatoms. The normalized spacial score (nSPS) is 17.5. The van der Waals surface area contributed by atoms with E-state index in [1.807, 2.05) is 39.3 Å². The Balaban J connectivity index is 7.37. The number of carbonyl (C=O) groups excluding carboxylic acids is 1. The second-order valence-electron chi connectivity index (χ2n) is 18.8. The zero-order chi connectivity index (χ0) is 37.0. The molecule has 0 saturated carbocycles. The minimum atomic E-state index is -3.97. The average Bonchev–Trinajstić information content (AvgIpc) is 2.70. The van der Waals surface area contributed by atoms with Crippen LogP contribution in [-0.2, 0) is 44.4 Å². The second kappa shape index (κ2) is 17.1. The maximum atomic E-state index is 14.2. The van der Waals surface area contributed by atoms with Gasteiger partial charge in [0.2, 0.25) is 0 Å². The van der Waals surface area contributed by atoms with E-state index in [0.29, 0.717) is 0 Å². The topological polar surface area (TPSA) is 108 Å². The van der Waals surface area contributed by atoms with E-state index in [1.54, 1.807) is 0 Å². The van der Waals surface area contributed by atoms with E-state index in [2.05, 4.69) is 98.2 Å². The first kappa shape index (κ1) is 47.1. The van der Waals surface area contributed by atoms with Crippen molar-refractivity contribution in [1.29, 1.82) is 0 Å². The minimum absolute atomic E-state index is 0.0740. The maximum absolute atomic E-state index is 14.2. The first-order valence-corrected chi connectivity index (χ1v) is 41.8. The summed E-state index contributed by atoms with van der Waals surface area (Å²) in [6, 6.07) is 0. The molecule has 10 nitrogen and oxygen atoms in total. The summed E-state index contributed by atoms with van der Waals surface area (Å²) in [6.45, 7) is 42.6. The van der Waals surface area contributed by atoms with Crippen LogP contribution in [0.15, 0.2) is 0 Å². The van der Waals surface area contributed by atoms with Gasteiger partial charge in [0.25, 0.3) is 0 Å². The van der Waals surface area contributed by atoms with Gasteiger partial charge in [0.05, 0.1) is 19.3 Å². The molecule has 0 saturated heterocycles. The zero-order valence-electron chi connectivity index (χ0n) is 33.3. The van der Waals surface area contributed by atoms with Crippen molar-refractivity contribution in [3.63, 3.8) is 0 Å². The minimum Gasteiger partial charge on any atom is -0.410 e. The molecule has 0 bridgehead atoms. The number of Topliss-reactive ketones (excluding diaryl/α,β-unsaturated/α-hetero) is 1. The molecule has 0 rings (SSSR count). The Morgan fingerprint density at radius 2 is 0.870 bits per heavy atom. The van der Waals surface area contributed by atoms with Crippen LogP contribution in [0.25, 0.3) is 0 Å². The highest BCUT2D eigenvalue weighted by Crippen LogP contribution is 2.54. The molecule has 0 aliphatic carbocycles. The fraction of sp³-hybridized carbons (Fsp3) is 0.964. The van der Waals surface area contributed by atoms with Crippen LogP contribution in [0.3, 0.4) is 0 Å². The van der Waals surface area contributed by atoms with Crippen LogP contribution in [0.1, 0.15) is 0 Å². The highest BCUT2D eigenvalue weighted by Gasteiger charge is 2.48. The van der Waals surface area contributed by atoms with Crippen molar-refractivity contribution in [3.8, 4) is 0 Å². The molecular formula is C28H71O10PSi7. The Morgan fingerprint density at radius 1 is 0.500 bits per heavy atom. The Hall–Kier alpha value is 1.10. The van der Waals surface area contributed by atoms with Gasteiger partial charge in [-0.3, -0.25) is 9.32 Å². The smallest absolute Gasteiger partial charge is 0.410 e. The summed E-state index contributed by atoms with van der Waals surface area (Å²) in [4.78, 5) is 14.2. The molecule has 46 heavy (non-hydrogen) atoms. The van der Waals surface area contributed by atoms with E-state index in [-0.39, 0.29) is 19.0 Å². The van der Waals surface area contributed by atoms with Crippen LogP contribution >= 0.6 is 7.82 Å². The second-order valence-corrected chi connectivity index (χ2v) is 52.2. The number of carbonyl (C=O) groups is 1. The fourth-order valence-electron chi connectivity index (χ4n) is 4.10. The zero-order valence-corrected chi connectivity index (χ0v) is 41.1. The number of hydrogen-bond acceptors (Lipinski definition) is 10. The van der Waals surface area contributed by atoms with Crippen molar-refractivity contribution >= 4 is 71.8 Å². The molecular weight excluding hydrogens is 724 g/mol. The Kier molecular flexibility index (Phi) is 17.5. The van der Waals surface area contributed by atoms with Crippen LogP contribution in [0.4, 0.5) is 0 Å². The van der Waals surface area contributed by atoms with Crippen molar-refractivity contribution in [1.82, 2.24) is 0 Å². The summed E-state index contributed by atoms with van der Waals surface area (Å²) < 4.78 is 66.2. The molecule has 0 spiro atoms. The lowest BCUT2D eigenvalue weighted by Crippen LogP contribution is -2.61. The van der Waals surface area contributed by atoms with E-state index >= 15 is 0 Å². The predicted octanol–water partition coefficient (Wildman–Crippen LogP) is 9.12. The summed E-state index contributed by atoms with van der Waals surface area (Å²) in [6.07, 6.45) is -3.29. The number of hydrogen-bond donors (Lipinski definition) is 0. The van der Waals surface area contributed by atoms with Crippen molar-refractivity contribution < 1.29 is 44.4 Å². The third-order valence-corrected chi connectivity index (χ3v) is 16.7. The van der Waals surface area contributed by atoms with E-state index in [0.717, 1.165) is 0 Å². The molecule has 0 aromatic heterocycles. The van der Waals surface area contributed by atoms with Gasteiger partial charge in [-0.25, -0.2) is 4.57 Å². The highest BCUT2D eigenvalue weighted by atomic mass is 31.2. The molecule has 0 heterocycles. The van der Waals surface area contributed by atoms with Gasteiger partial charge in [-0.1, -0.05) is 0 Å². The number of phosphoric acid groups is 1. The molecule has 0 radical (unpaired) electrons. The molecule has 276 valence electrons. The lowest BCUT2D eigenvalue weighted by molar-refractivity contribution is -0.141. The van der Waals surface area contributed by atoms with Crippen LogP contribution < -0.4 is 0 Å². The summed E-state index contributed by atoms with van der Waals surface area (Å²) in [5, 5.41) is 0. The monoisotopic (exact) mass is 794 g/mol. The number of rotatable bonds is 22. The van der Waals surface area contributed by atoms with Crippen LogP contribution in [0.2, 0.25) is 137 Å². The van der Waals surface area contributed by atoms with E-state index in [1.165, 1.54) is 0 Å². The maximum Gasteiger partial charge on any atom is 0.455 e. The quantitative estimate of drug-likeness (QED) is 0.0778. The molecule has 0 N–H and O–H groups in total. The first-order chi connectivity index (χ1) is 19.9. The average molecular weight is 795 g/mol. The Bertz CT molecular complexity index is 982. The molecule has 0 aliphatic heterocycles. The van der Waals surface area contributed by atoms with Crippen LogP contribution in [-0.4, -0.2) is 102 Å². The lowest BCUT2D eigenvalue weighted by Gasteiger charge is -2.45. The summed E-state index contributed by atoms with van der Waals surface area (Å²) >= 11 is 0. The van der Waals surface area contributed by atoms with Gasteiger partial charge in [-0.05, 0) is 137 Å².